The van der Waals surface area contributed by atoms with Gasteiger partial charge in [0.05, 0.1) is 18.4 Å². The van der Waals surface area contributed by atoms with Crippen molar-refractivity contribution in [1.29, 1.82) is 0 Å². The molecule has 0 saturated carbocycles. The van der Waals surface area contributed by atoms with Crippen molar-refractivity contribution in [3.05, 3.63) is 47.9 Å². The van der Waals surface area contributed by atoms with Crippen LogP contribution >= 0.6 is 0 Å². The van der Waals surface area contributed by atoms with E-state index >= 15 is 0 Å². The summed E-state index contributed by atoms with van der Waals surface area (Å²) in [6.07, 6.45) is 1.48. The number of carbonyl (C=O) groups excluding carboxylic acids is 1. The van der Waals surface area contributed by atoms with Crippen LogP contribution in [0, 0.1) is 0 Å². The first kappa shape index (κ1) is 14.0. The van der Waals surface area contributed by atoms with Crippen LogP contribution in [0.25, 0.3) is 0 Å². The predicted molar refractivity (Wildman–Crippen MR) is 74.0 cm³/mol. The Morgan fingerprint density at radius 2 is 1.85 bits per heavy atom. The Morgan fingerprint density at radius 1 is 1.15 bits per heavy atom. The lowest BCUT2D eigenvalue weighted by atomic mass is 10.1. The normalized spacial score (nSPS) is 10.4. The maximum atomic E-state index is 11.3. The third kappa shape index (κ3) is 3.32. The Morgan fingerprint density at radius 3 is 2.45 bits per heavy atom. The van der Waals surface area contributed by atoms with Gasteiger partial charge < -0.3 is 9.47 Å². The smallest absolute Gasteiger partial charge is 0.337 e. The number of rotatable bonds is 4. The molecule has 1 heterocycles. The van der Waals surface area contributed by atoms with Crippen molar-refractivity contribution in [3.63, 3.8) is 0 Å². The van der Waals surface area contributed by atoms with Gasteiger partial charge in [-0.15, -0.1) is 0 Å². The zero-order valence-corrected chi connectivity index (χ0v) is 11.7. The topological polar surface area (TPSA) is 61.3 Å². The Bertz CT molecular complexity index is 594. The number of hydrogen-bond acceptors (Lipinski definition) is 5. The van der Waals surface area contributed by atoms with Crippen molar-refractivity contribution in [2.24, 2.45) is 0 Å². The van der Waals surface area contributed by atoms with E-state index in [9.17, 15) is 4.79 Å². The Hall–Kier alpha value is -2.43. The Balaban J connectivity index is 2.14. The lowest BCUT2D eigenvalue weighted by molar-refractivity contribution is 0.0600. The van der Waals surface area contributed by atoms with E-state index in [0.29, 0.717) is 23.1 Å². The van der Waals surface area contributed by atoms with Gasteiger partial charge in [-0.1, -0.05) is 13.8 Å². The SMILES string of the molecule is COC(=O)c1ccc(Oc2cc(C(C)C)ncn2)cc1. The van der Waals surface area contributed by atoms with E-state index in [1.165, 1.54) is 13.4 Å². The second-order valence-electron chi connectivity index (χ2n) is 4.55. The summed E-state index contributed by atoms with van der Waals surface area (Å²) in [5.74, 6) is 1.02. The molecule has 0 bridgehead atoms. The first-order chi connectivity index (χ1) is 9.60. The first-order valence-electron chi connectivity index (χ1n) is 6.28. The summed E-state index contributed by atoms with van der Waals surface area (Å²) in [6.45, 7) is 4.11. The zero-order chi connectivity index (χ0) is 14.5. The highest BCUT2D eigenvalue weighted by atomic mass is 16.5. The summed E-state index contributed by atoms with van der Waals surface area (Å²) in [4.78, 5) is 19.6. The molecular formula is C15H16N2O3. The van der Waals surface area contributed by atoms with Crippen LogP contribution in [-0.4, -0.2) is 23.0 Å². The largest absolute Gasteiger partial charge is 0.465 e. The molecule has 0 radical (unpaired) electrons. The van der Waals surface area contributed by atoms with Gasteiger partial charge in [0, 0.05) is 6.07 Å². The Kier molecular flexibility index (Phi) is 4.30. The third-order valence-corrected chi connectivity index (χ3v) is 2.75. The summed E-state index contributed by atoms with van der Waals surface area (Å²) in [5, 5.41) is 0. The van der Waals surface area contributed by atoms with Gasteiger partial charge in [-0.3, -0.25) is 0 Å². The summed E-state index contributed by atoms with van der Waals surface area (Å²) >= 11 is 0. The minimum atomic E-state index is -0.374. The van der Waals surface area contributed by atoms with Crippen molar-refractivity contribution < 1.29 is 14.3 Å². The van der Waals surface area contributed by atoms with Crippen molar-refractivity contribution in [2.75, 3.05) is 7.11 Å². The van der Waals surface area contributed by atoms with E-state index in [2.05, 4.69) is 28.6 Å². The van der Waals surface area contributed by atoms with Gasteiger partial charge in [-0.2, -0.15) is 0 Å². The predicted octanol–water partition coefficient (Wildman–Crippen LogP) is 3.18. The maximum absolute atomic E-state index is 11.3. The molecule has 104 valence electrons. The molecule has 0 spiro atoms. The molecule has 0 amide bonds. The third-order valence-electron chi connectivity index (χ3n) is 2.75. The van der Waals surface area contributed by atoms with Crippen LogP contribution in [0.1, 0.15) is 35.8 Å². The summed E-state index contributed by atoms with van der Waals surface area (Å²) < 4.78 is 10.3. The number of hydrogen-bond donors (Lipinski definition) is 0. The number of benzene rings is 1. The minimum absolute atomic E-state index is 0.307. The molecule has 0 aliphatic rings. The number of carbonyl (C=O) groups is 1. The number of ether oxygens (including phenoxy) is 2. The minimum Gasteiger partial charge on any atom is -0.465 e. The fraction of sp³-hybridized carbons (Fsp3) is 0.267. The molecule has 2 rings (SSSR count). The molecule has 0 atom stereocenters. The summed E-state index contributed by atoms with van der Waals surface area (Å²) in [7, 11) is 1.35. The summed E-state index contributed by atoms with van der Waals surface area (Å²) in [5.41, 5.74) is 1.39. The molecule has 2 aromatic rings. The van der Waals surface area contributed by atoms with E-state index in [-0.39, 0.29) is 5.97 Å². The van der Waals surface area contributed by atoms with E-state index < -0.39 is 0 Å². The maximum Gasteiger partial charge on any atom is 0.337 e. The van der Waals surface area contributed by atoms with Gasteiger partial charge >= 0.3 is 5.97 Å². The highest BCUT2D eigenvalue weighted by molar-refractivity contribution is 5.89. The van der Waals surface area contributed by atoms with E-state index in [0.717, 1.165) is 5.69 Å². The van der Waals surface area contributed by atoms with Crippen molar-refractivity contribution in [3.8, 4) is 11.6 Å². The van der Waals surface area contributed by atoms with E-state index in [1.807, 2.05) is 0 Å². The van der Waals surface area contributed by atoms with Gasteiger partial charge in [-0.25, -0.2) is 14.8 Å². The second-order valence-corrected chi connectivity index (χ2v) is 4.55. The molecule has 0 saturated heterocycles. The average molecular weight is 272 g/mol. The molecule has 0 N–H and O–H groups in total. The first-order valence-corrected chi connectivity index (χ1v) is 6.28. The van der Waals surface area contributed by atoms with Crippen LogP contribution < -0.4 is 4.74 Å². The van der Waals surface area contributed by atoms with Gasteiger partial charge in [-0.05, 0) is 30.2 Å². The number of nitrogens with zero attached hydrogens (tertiary/aromatic N) is 2. The highest BCUT2D eigenvalue weighted by Gasteiger charge is 2.07. The zero-order valence-electron chi connectivity index (χ0n) is 11.7. The number of methoxy groups -OCH3 is 1. The van der Waals surface area contributed by atoms with Gasteiger partial charge in [0.15, 0.2) is 0 Å². The average Bonchev–Trinajstić information content (AvgIpc) is 2.47. The molecule has 5 nitrogen and oxygen atoms in total. The fourth-order valence-corrected chi connectivity index (χ4v) is 1.62. The van der Waals surface area contributed by atoms with Crippen molar-refractivity contribution >= 4 is 5.97 Å². The van der Waals surface area contributed by atoms with Crippen LogP contribution in [0.15, 0.2) is 36.7 Å². The van der Waals surface area contributed by atoms with Gasteiger partial charge in [0.25, 0.3) is 0 Å². The van der Waals surface area contributed by atoms with Crippen LogP contribution in [0.5, 0.6) is 11.6 Å². The lowest BCUT2D eigenvalue weighted by Crippen LogP contribution is -2.00. The quantitative estimate of drug-likeness (QED) is 0.800. The molecule has 0 aliphatic carbocycles. The monoisotopic (exact) mass is 272 g/mol. The fourth-order valence-electron chi connectivity index (χ4n) is 1.62. The number of aromatic nitrogens is 2. The van der Waals surface area contributed by atoms with Crippen LogP contribution in [0.2, 0.25) is 0 Å². The molecule has 1 aromatic carbocycles. The van der Waals surface area contributed by atoms with Gasteiger partial charge in [0.2, 0.25) is 5.88 Å². The lowest BCUT2D eigenvalue weighted by Gasteiger charge is -2.08. The molecule has 0 fully saturated rings. The molecule has 0 aliphatic heterocycles. The van der Waals surface area contributed by atoms with Gasteiger partial charge in [0.1, 0.15) is 12.1 Å². The van der Waals surface area contributed by atoms with Crippen molar-refractivity contribution in [1.82, 2.24) is 9.97 Å². The molecule has 1 aromatic heterocycles. The standard InChI is InChI=1S/C15H16N2O3/c1-10(2)13-8-14(17-9-16-13)20-12-6-4-11(5-7-12)15(18)19-3/h4-10H,1-3H3. The molecule has 20 heavy (non-hydrogen) atoms. The molecule has 0 unspecified atom stereocenters. The summed E-state index contributed by atoms with van der Waals surface area (Å²) in [6, 6.07) is 8.49. The van der Waals surface area contributed by atoms with Crippen LogP contribution in [0.4, 0.5) is 0 Å². The molecular weight excluding hydrogens is 256 g/mol. The highest BCUT2D eigenvalue weighted by Crippen LogP contribution is 2.22. The second kappa shape index (κ2) is 6.14. The van der Waals surface area contributed by atoms with E-state index in [4.69, 9.17) is 4.74 Å². The Labute approximate surface area is 117 Å². The number of esters is 1. The van der Waals surface area contributed by atoms with Crippen LogP contribution in [-0.2, 0) is 4.74 Å². The van der Waals surface area contributed by atoms with Crippen molar-refractivity contribution in [2.45, 2.75) is 19.8 Å². The van der Waals surface area contributed by atoms with E-state index in [1.54, 1.807) is 30.3 Å². The van der Waals surface area contributed by atoms with Crippen LogP contribution in [0.3, 0.4) is 0 Å². The molecule has 5 heteroatoms.